The van der Waals surface area contributed by atoms with Gasteiger partial charge >= 0.3 is 0 Å². The molecule has 9 heteroatoms. The minimum atomic E-state index is -0.984. The fourth-order valence-corrected chi connectivity index (χ4v) is 3.49. The summed E-state index contributed by atoms with van der Waals surface area (Å²) in [4.78, 5) is 37.9. The largest absolute Gasteiger partial charge is 0.503 e. The van der Waals surface area contributed by atoms with Gasteiger partial charge in [-0.05, 0) is 18.9 Å². The summed E-state index contributed by atoms with van der Waals surface area (Å²) in [6.07, 6.45) is 2.11. The summed E-state index contributed by atoms with van der Waals surface area (Å²) in [5.41, 5.74) is -2.24. The Kier molecular flexibility index (Phi) is 6.02. The van der Waals surface area contributed by atoms with Crippen molar-refractivity contribution in [3.63, 3.8) is 0 Å². The highest BCUT2D eigenvalue weighted by atomic mass is 19.1. The fraction of sp³-hybridized carbons (Fsp3) is 0.381. The Hall–Kier alpha value is -3.07. The molecule has 2 N–H and O–H groups in total. The third-order valence-corrected chi connectivity index (χ3v) is 5.48. The zero-order chi connectivity index (χ0) is 22.1. The number of rotatable bonds is 6. The number of aromatic hydroxyl groups is 1. The number of benzene rings is 1. The quantitative estimate of drug-likeness (QED) is 0.748. The number of hydrogen-bond acceptors (Lipinski definition) is 5. The number of amides is 1. The molecule has 0 radical (unpaired) electrons. The highest BCUT2D eigenvalue weighted by Gasteiger charge is 2.41. The molecule has 1 aliphatic heterocycles. The lowest BCUT2D eigenvalue weighted by molar-refractivity contribution is 0.0649. The predicted molar refractivity (Wildman–Crippen MR) is 103 cm³/mol. The average molecular weight is 420 g/mol. The van der Waals surface area contributed by atoms with Crippen molar-refractivity contribution in [1.82, 2.24) is 9.88 Å². The lowest BCUT2D eigenvalue weighted by Gasteiger charge is -2.34. The van der Waals surface area contributed by atoms with E-state index in [4.69, 9.17) is 4.74 Å². The third kappa shape index (κ3) is 3.97. The van der Waals surface area contributed by atoms with Crippen molar-refractivity contribution in [3.8, 4) is 5.75 Å². The highest BCUT2D eigenvalue weighted by molar-refractivity contribution is 6.03. The Morgan fingerprint density at radius 2 is 2.07 bits per heavy atom. The van der Waals surface area contributed by atoms with Crippen molar-refractivity contribution < 1.29 is 28.2 Å². The van der Waals surface area contributed by atoms with Gasteiger partial charge in [-0.15, -0.1) is 0 Å². The second-order valence-corrected chi connectivity index (χ2v) is 7.56. The molecule has 0 saturated heterocycles. The number of nitrogens with zero attached hydrogens (tertiary/aromatic N) is 1. The molecule has 1 aliphatic rings. The molecule has 160 valence electrons. The SMILES string of the molecule is COCCC1(C)CCn2cc(C(=O)NCc3ccc(F)cc3F)c(=O)c(O)c2C1=O. The van der Waals surface area contributed by atoms with Gasteiger partial charge in [-0.25, -0.2) is 8.78 Å². The summed E-state index contributed by atoms with van der Waals surface area (Å²) >= 11 is 0. The molecule has 2 aromatic rings. The number of Topliss-reactive ketones (excluding diaryl/α,β-unsaturated/α-hetero) is 1. The van der Waals surface area contributed by atoms with Crippen LogP contribution in [0.5, 0.6) is 5.75 Å². The lowest BCUT2D eigenvalue weighted by Crippen LogP contribution is -2.40. The van der Waals surface area contributed by atoms with E-state index in [2.05, 4.69) is 5.32 Å². The van der Waals surface area contributed by atoms with E-state index in [9.17, 15) is 28.3 Å². The maximum atomic E-state index is 13.7. The van der Waals surface area contributed by atoms with E-state index in [0.29, 0.717) is 32.1 Å². The number of methoxy groups -OCH3 is 1. The zero-order valence-corrected chi connectivity index (χ0v) is 16.6. The molecule has 2 heterocycles. The summed E-state index contributed by atoms with van der Waals surface area (Å²) in [5.74, 6) is -3.59. The molecule has 0 bridgehead atoms. The first kappa shape index (κ1) is 21.6. The van der Waals surface area contributed by atoms with Crippen molar-refractivity contribution in [2.24, 2.45) is 5.41 Å². The second-order valence-electron chi connectivity index (χ2n) is 7.56. The zero-order valence-electron chi connectivity index (χ0n) is 16.6. The van der Waals surface area contributed by atoms with Crippen LogP contribution in [0.4, 0.5) is 8.78 Å². The average Bonchev–Trinajstić information content (AvgIpc) is 2.71. The van der Waals surface area contributed by atoms with E-state index in [0.717, 1.165) is 6.07 Å². The number of ether oxygens (including phenoxy) is 1. The number of pyridine rings is 1. The van der Waals surface area contributed by atoms with Crippen LogP contribution in [0, 0.1) is 17.0 Å². The molecule has 0 aliphatic carbocycles. The van der Waals surface area contributed by atoms with Gasteiger partial charge in [-0.3, -0.25) is 14.4 Å². The highest BCUT2D eigenvalue weighted by Crippen LogP contribution is 2.37. The Bertz CT molecular complexity index is 1070. The molecule has 1 atom stereocenters. The van der Waals surface area contributed by atoms with Gasteiger partial charge in [0, 0.05) is 50.0 Å². The van der Waals surface area contributed by atoms with Crippen LogP contribution in [-0.4, -0.2) is 35.1 Å². The summed E-state index contributed by atoms with van der Waals surface area (Å²) < 4.78 is 33.2. The van der Waals surface area contributed by atoms with Gasteiger partial charge in [0.25, 0.3) is 5.91 Å². The van der Waals surface area contributed by atoms with Crippen molar-refractivity contribution >= 4 is 11.7 Å². The van der Waals surface area contributed by atoms with E-state index in [-0.39, 0.29) is 29.1 Å². The van der Waals surface area contributed by atoms with E-state index in [1.807, 2.05) is 0 Å². The lowest BCUT2D eigenvalue weighted by atomic mass is 9.75. The third-order valence-electron chi connectivity index (χ3n) is 5.48. The Labute approximate surface area is 171 Å². The molecular weight excluding hydrogens is 398 g/mol. The van der Waals surface area contributed by atoms with Crippen LogP contribution < -0.4 is 10.7 Å². The molecule has 30 heavy (non-hydrogen) atoms. The molecule has 0 fully saturated rings. The number of hydrogen-bond donors (Lipinski definition) is 2. The Balaban J connectivity index is 1.86. The van der Waals surface area contributed by atoms with Gasteiger partial charge < -0.3 is 19.7 Å². The van der Waals surface area contributed by atoms with Crippen molar-refractivity contribution in [3.05, 3.63) is 63.1 Å². The van der Waals surface area contributed by atoms with Crippen molar-refractivity contribution in [1.29, 1.82) is 0 Å². The van der Waals surface area contributed by atoms with Crippen molar-refractivity contribution in [2.45, 2.75) is 32.9 Å². The number of aromatic nitrogens is 1. The summed E-state index contributed by atoms with van der Waals surface area (Å²) in [6.45, 7) is 2.15. The van der Waals surface area contributed by atoms with E-state index in [1.165, 1.54) is 23.9 Å². The second kappa shape index (κ2) is 8.35. The fourth-order valence-electron chi connectivity index (χ4n) is 3.49. The number of fused-ring (bicyclic) bond motifs is 1. The first-order valence-corrected chi connectivity index (χ1v) is 9.40. The summed E-state index contributed by atoms with van der Waals surface area (Å²) in [7, 11) is 1.52. The Morgan fingerprint density at radius 3 is 2.73 bits per heavy atom. The number of aryl methyl sites for hydroxylation is 1. The smallest absolute Gasteiger partial charge is 0.257 e. The molecule has 3 rings (SSSR count). The number of carbonyl (C=O) groups excluding carboxylic acids is 2. The molecule has 1 aromatic heterocycles. The van der Waals surface area contributed by atoms with E-state index >= 15 is 0 Å². The van der Waals surface area contributed by atoms with Gasteiger partial charge in [-0.2, -0.15) is 0 Å². The predicted octanol–water partition coefficient (Wildman–Crippen LogP) is 2.39. The van der Waals surface area contributed by atoms with Crippen LogP contribution in [0.15, 0.2) is 29.2 Å². The normalized spacial score (nSPS) is 18.2. The van der Waals surface area contributed by atoms with Crippen LogP contribution in [0.25, 0.3) is 0 Å². The summed E-state index contributed by atoms with van der Waals surface area (Å²) in [6, 6.07) is 2.92. The standard InChI is InChI=1S/C21H22F2N2O5/c1-21(6-8-30-2)5-7-25-11-14(17(26)18(27)16(25)19(21)28)20(29)24-10-12-3-4-13(22)9-15(12)23/h3-4,9,11,27H,5-8,10H2,1-2H3,(H,24,29). The molecular formula is C21H22F2N2O5. The summed E-state index contributed by atoms with van der Waals surface area (Å²) in [5, 5.41) is 12.8. The maximum absolute atomic E-state index is 13.7. The minimum absolute atomic E-state index is 0.0381. The topological polar surface area (TPSA) is 97.6 Å². The van der Waals surface area contributed by atoms with Gasteiger partial charge in [0.1, 0.15) is 22.9 Å². The van der Waals surface area contributed by atoms with Crippen LogP contribution in [-0.2, 0) is 17.8 Å². The monoisotopic (exact) mass is 420 g/mol. The first-order chi connectivity index (χ1) is 14.2. The molecule has 0 saturated carbocycles. The minimum Gasteiger partial charge on any atom is -0.503 e. The van der Waals surface area contributed by atoms with E-state index < -0.39 is 34.1 Å². The number of nitrogens with one attached hydrogen (secondary N) is 1. The number of halogens is 2. The van der Waals surface area contributed by atoms with Gasteiger partial charge in [0.2, 0.25) is 5.43 Å². The van der Waals surface area contributed by atoms with Gasteiger partial charge in [-0.1, -0.05) is 13.0 Å². The molecule has 7 nitrogen and oxygen atoms in total. The number of carbonyl (C=O) groups is 2. The maximum Gasteiger partial charge on any atom is 0.257 e. The van der Waals surface area contributed by atoms with Crippen LogP contribution in [0.2, 0.25) is 0 Å². The van der Waals surface area contributed by atoms with Crippen LogP contribution in [0.3, 0.4) is 0 Å². The van der Waals surface area contributed by atoms with Crippen LogP contribution >= 0.6 is 0 Å². The first-order valence-electron chi connectivity index (χ1n) is 9.40. The van der Waals surface area contributed by atoms with Gasteiger partial charge in [0.05, 0.1) is 0 Å². The van der Waals surface area contributed by atoms with Gasteiger partial charge in [0.15, 0.2) is 11.5 Å². The van der Waals surface area contributed by atoms with Crippen molar-refractivity contribution in [2.75, 3.05) is 13.7 Å². The molecule has 1 unspecified atom stereocenters. The van der Waals surface area contributed by atoms with Crippen LogP contribution in [0.1, 0.15) is 46.2 Å². The number of ketones is 1. The molecule has 0 spiro atoms. The molecule has 1 aromatic carbocycles. The van der Waals surface area contributed by atoms with E-state index in [1.54, 1.807) is 6.92 Å². The molecule has 1 amide bonds. The Morgan fingerprint density at radius 1 is 1.33 bits per heavy atom.